The van der Waals surface area contributed by atoms with Crippen molar-refractivity contribution in [1.29, 1.82) is 0 Å². The molecule has 0 saturated heterocycles. The lowest BCUT2D eigenvalue weighted by atomic mass is 9.84. The summed E-state index contributed by atoms with van der Waals surface area (Å²) >= 11 is 0. The topological polar surface area (TPSA) is 55.1 Å². The summed E-state index contributed by atoms with van der Waals surface area (Å²) in [5, 5.41) is 2.90. The van der Waals surface area contributed by atoms with E-state index in [1.165, 1.54) is 18.6 Å². The Morgan fingerprint density at radius 1 is 1.26 bits per heavy atom. The lowest BCUT2D eigenvalue weighted by Crippen LogP contribution is -2.46. The van der Waals surface area contributed by atoms with E-state index in [2.05, 4.69) is 5.32 Å². The average molecular weight is 328 g/mol. The summed E-state index contributed by atoms with van der Waals surface area (Å²) in [5.74, 6) is 0.101. The molecular formula is C17H23F3N2O. The van der Waals surface area contributed by atoms with Gasteiger partial charge in [0.1, 0.15) is 0 Å². The van der Waals surface area contributed by atoms with E-state index in [0.29, 0.717) is 18.0 Å². The van der Waals surface area contributed by atoms with Gasteiger partial charge in [0.05, 0.1) is 12.0 Å². The predicted octanol–water partition coefficient (Wildman–Crippen LogP) is 3.27. The van der Waals surface area contributed by atoms with Crippen LogP contribution in [-0.2, 0) is 17.4 Å². The molecule has 0 bridgehead atoms. The summed E-state index contributed by atoms with van der Waals surface area (Å²) < 4.78 is 38.1. The van der Waals surface area contributed by atoms with Crippen molar-refractivity contribution in [2.75, 3.05) is 6.54 Å². The molecule has 2 rings (SSSR count). The van der Waals surface area contributed by atoms with E-state index in [-0.39, 0.29) is 18.4 Å². The van der Waals surface area contributed by atoms with E-state index in [0.717, 1.165) is 37.8 Å². The normalized spacial score (nSPS) is 17.7. The number of amides is 1. The average Bonchev–Trinajstić information content (AvgIpc) is 2.53. The SMILES string of the molecule is NCC(NC(=O)Cc1cccc(C(F)(F)F)c1)C1CCCCC1. The highest BCUT2D eigenvalue weighted by Crippen LogP contribution is 2.30. The molecule has 1 aromatic carbocycles. The van der Waals surface area contributed by atoms with Crippen molar-refractivity contribution in [3.63, 3.8) is 0 Å². The Bertz CT molecular complexity index is 525. The first-order chi connectivity index (χ1) is 10.9. The van der Waals surface area contributed by atoms with Gasteiger partial charge in [-0.15, -0.1) is 0 Å². The molecule has 0 aliphatic heterocycles. The highest BCUT2D eigenvalue weighted by atomic mass is 19.4. The summed E-state index contributed by atoms with van der Waals surface area (Å²) in [6, 6.07) is 4.80. The number of carbonyl (C=O) groups is 1. The number of hydrogen-bond acceptors (Lipinski definition) is 2. The molecule has 0 aromatic heterocycles. The predicted molar refractivity (Wildman–Crippen MR) is 82.7 cm³/mol. The lowest BCUT2D eigenvalue weighted by Gasteiger charge is -2.30. The molecular weight excluding hydrogens is 305 g/mol. The molecule has 128 valence electrons. The fourth-order valence-corrected chi connectivity index (χ4v) is 3.21. The highest BCUT2D eigenvalue weighted by molar-refractivity contribution is 5.79. The maximum Gasteiger partial charge on any atom is 0.416 e. The number of hydrogen-bond donors (Lipinski definition) is 2. The highest BCUT2D eigenvalue weighted by Gasteiger charge is 2.30. The number of carbonyl (C=O) groups excluding carboxylic acids is 1. The maximum atomic E-state index is 12.7. The Hall–Kier alpha value is -1.56. The van der Waals surface area contributed by atoms with Crippen LogP contribution in [0.3, 0.4) is 0 Å². The molecule has 1 aliphatic carbocycles. The van der Waals surface area contributed by atoms with Crippen molar-refractivity contribution in [1.82, 2.24) is 5.32 Å². The van der Waals surface area contributed by atoms with Gasteiger partial charge in [-0.1, -0.05) is 37.5 Å². The van der Waals surface area contributed by atoms with Gasteiger partial charge in [-0.05, 0) is 30.4 Å². The molecule has 1 amide bonds. The van der Waals surface area contributed by atoms with Gasteiger partial charge in [0.2, 0.25) is 5.91 Å². The maximum absolute atomic E-state index is 12.7. The van der Waals surface area contributed by atoms with Gasteiger partial charge in [-0.25, -0.2) is 0 Å². The second-order valence-electron chi connectivity index (χ2n) is 6.18. The zero-order valence-corrected chi connectivity index (χ0v) is 13.0. The van der Waals surface area contributed by atoms with Crippen LogP contribution in [0.15, 0.2) is 24.3 Å². The Morgan fingerprint density at radius 3 is 2.57 bits per heavy atom. The van der Waals surface area contributed by atoms with E-state index in [1.807, 2.05) is 0 Å². The van der Waals surface area contributed by atoms with Crippen molar-refractivity contribution in [3.8, 4) is 0 Å². The third kappa shape index (κ3) is 5.23. The van der Waals surface area contributed by atoms with E-state index < -0.39 is 11.7 Å². The fraction of sp³-hybridized carbons (Fsp3) is 0.588. The van der Waals surface area contributed by atoms with Crippen LogP contribution in [0.2, 0.25) is 0 Å². The van der Waals surface area contributed by atoms with Crippen molar-refractivity contribution in [3.05, 3.63) is 35.4 Å². The molecule has 0 spiro atoms. The molecule has 1 aliphatic rings. The molecule has 3 nitrogen and oxygen atoms in total. The third-order valence-electron chi connectivity index (χ3n) is 4.44. The van der Waals surface area contributed by atoms with Gasteiger partial charge < -0.3 is 11.1 Å². The van der Waals surface area contributed by atoms with Gasteiger partial charge in [0, 0.05) is 12.6 Å². The smallest absolute Gasteiger partial charge is 0.352 e. The van der Waals surface area contributed by atoms with Crippen LogP contribution in [0.4, 0.5) is 13.2 Å². The first-order valence-electron chi connectivity index (χ1n) is 8.05. The van der Waals surface area contributed by atoms with Crippen LogP contribution >= 0.6 is 0 Å². The van der Waals surface area contributed by atoms with E-state index >= 15 is 0 Å². The lowest BCUT2D eigenvalue weighted by molar-refractivity contribution is -0.137. The minimum atomic E-state index is -4.39. The summed E-state index contributed by atoms with van der Waals surface area (Å²) in [4.78, 5) is 12.1. The van der Waals surface area contributed by atoms with Crippen LogP contribution in [0.5, 0.6) is 0 Å². The summed E-state index contributed by atoms with van der Waals surface area (Å²) in [6.45, 7) is 0.360. The fourth-order valence-electron chi connectivity index (χ4n) is 3.21. The van der Waals surface area contributed by atoms with Crippen LogP contribution < -0.4 is 11.1 Å². The molecule has 0 radical (unpaired) electrons. The Kier molecular flexibility index (Phi) is 6.04. The van der Waals surface area contributed by atoms with Gasteiger partial charge in [0.15, 0.2) is 0 Å². The monoisotopic (exact) mass is 328 g/mol. The molecule has 3 N–H and O–H groups in total. The van der Waals surface area contributed by atoms with E-state index in [4.69, 9.17) is 5.73 Å². The number of nitrogens with one attached hydrogen (secondary N) is 1. The van der Waals surface area contributed by atoms with Gasteiger partial charge in [-0.3, -0.25) is 4.79 Å². The van der Waals surface area contributed by atoms with E-state index in [1.54, 1.807) is 0 Å². The number of benzene rings is 1. The zero-order valence-electron chi connectivity index (χ0n) is 13.0. The Balaban J connectivity index is 1.95. The number of alkyl halides is 3. The standard InChI is InChI=1S/C17H23F3N2O/c18-17(19,20)14-8-4-5-12(9-14)10-16(23)22-15(11-21)13-6-2-1-3-7-13/h4-5,8-9,13,15H,1-3,6-7,10-11,21H2,(H,22,23). The third-order valence-corrected chi connectivity index (χ3v) is 4.44. The largest absolute Gasteiger partial charge is 0.416 e. The van der Waals surface area contributed by atoms with Crippen molar-refractivity contribution in [2.45, 2.75) is 50.7 Å². The molecule has 1 saturated carbocycles. The molecule has 0 heterocycles. The second-order valence-corrected chi connectivity index (χ2v) is 6.18. The van der Waals surface area contributed by atoms with Crippen molar-refractivity contribution < 1.29 is 18.0 Å². The Labute approximate surface area is 134 Å². The molecule has 1 fully saturated rings. The number of halogens is 3. The van der Waals surface area contributed by atoms with Crippen molar-refractivity contribution >= 4 is 5.91 Å². The summed E-state index contributed by atoms with van der Waals surface area (Å²) in [7, 11) is 0. The molecule has 23 heavy (non-hydrogen) atoms. The second kappa shape index (κ2) is 7.81. The minimum absolute atomic E-state index is 0.0624. The van der Waals surface area contributed by atoms with Crippen molar-refractivity contribution in [2.24, 2.45) is 11.7 Å². The van der Waals surface area contributed by atoms with Crippen LogP contribution in [-0.4, -0.2) is 18.5 Å². The van der Waals surface area contributed by atoms with E-state index in [9.17, 15) is 18.0 Å². The van der Waals surface area contributed by atoms with Gasteiger partial charge in [-0.2, -0.15) is 13.2 Å². The van der Waals surface area contributed by atoms with Crippen LogP contribution in [0.25, 0.3) is 0 Å². The molecule has 1 aromatic rings. The molecule has 1 unspecified atom stereocenters. The minimum Gasteiger partial charge on any atom is -0.352 e. The van der Waals surface area contributed by atoms with Crippen LogP contribution in [0.1, 0.15) is 43.2 Å². The van der Waals surface area contributed by atoms with Crippen LogP contribution in [0, 0.1) is 5.92 Å². The summed E-state index contributed by atoms with van der Waals surface area (Å²) in [6.07, 6.45) is 1.14. The number of rotatable bonds is 5. The first-order valence-corrected chi connectivity index (χ1v) is 8.05. The number of nitrogens with two attached hydrogens (primary N) is 1. The first kappa shape index (κ1) is 17.8. The quantitative estimate of drug-likeness (QED) is 0.871. The molecule has 6 heteroatoms. The van der Waals surface area contributed by atoms with Gasteiger partial charge >= 0.3 is 6.18 Å². The Morgan fingerprint density at radius 2 is 1.96 bits per heavy atom. The van der Waals surface area contributed by atoms with Gasteiger partial charge in [0.25, 0.3) is 0 Å². The summed E-state index contributed by atoms with van der Waals surface area (Å²) in [5.41, 5.74) is 5.39. The molecule has 1 atom stereocenters. The zero-order chi connectivity index (χ0) is 16.9.